The van der Waals surface area contributed by atoms with Gasteiger partial charge in [-0.25, -0.2) is 0 Å². The molecule has 0 amide bonds. The Labute approximate surface area is 100 Å². The summed E-state index contributed by atoms with van der Waals surface area (Å²) in [7, 11) is 0. The van der Waals surface area contributed by atoms with Crippen molar-refractivity contribution in [3.05, 3.63) is 46.3 Å². The van der Waals surface area contributed by atoms with Crippen LogP contribution in [0.4, 0.5) is 5.69 Å². The number of aromatic amines is 1. The third-order valence-electron chi connectivity index (χ3n) is 2.82. The van der Waals surface area contributed by atoms with Gasteiger partial charge in [0.15, 0.2) is 6.29 Å². The number of pyridine rings is 1. The molecule has 0 aliphatic carbocycles. The summed E-state index contributed by atoms with van der Waals surface area (Å²) in [4.78, 5) is 28.0. The fraction of sp³-hybridized carbons (Fsp3) is 0. The van der Waals surface area contributed by atoms with E-state index < -0.39 is 4.92 Å². The fourth-order valence-electron chi connectivity index (χ4n) is 1.98. The predicted octanol–water partition coefficient (Wildman–Crippen LogP) is 2.44. The SMILES string of the molecule is O=Cc1cc2c(cn1)[nH]c1ccc([N+](=O)[O-])cc12. The molecular weight excluding hydrogens is 234 g/mol. The molecule has 0 unspecified atom stereocenters. The van der Waals surface area contributed by atoms with Gasteiger partial charge < -0.3 is 4.98 Å². The highest BCUT2D eigenvalue weighted by Gasteiger charge is 2.11. The molecule has 3 aromatic rings. The summed E-state index contributed by atoms with van der Waals surface area (Å²) in [6.07, 6.45) is 2.19. The highest BCUT2D eigenvalue weighted by atomic mass is 16.6. The third kappa shape index (κ3) is 1.43. The van der Waals surface area contributed by atoms with Crippen molar-refractivity contribution >= 4 is 33.8 Å². The number of hydrogen-bond acceptors (Lipinski definition) is 4. The monoisotopic (exact) mass is 241 g/mol. The summed E-state index contributed by atoms with van der Waals surface area (Å²) in [5.41, 5.74) is 1.85. The number of nitrogens with one attached hydrogen (secondary N) is 1. The number of carbonyl (C=O) groups is 1. The van der Waals surface area contributed by atoms with Gasteiger partial charge in [-0.15, -0.1) is 0 Å². The molecule has 0 bridgehead atoms. The van der Waals surface area contributed by atoms with Crippen LogP contribution in [0, 0.1) is 10.1 Å². The predicted molar refractivity (Wildman–Crippen MR) is 65.6 cm³/mol. The first-order valence-electron chi connectivity index (χ1n) is 5.20. The number of aromatic nitrogens is 2. The second kappa shape index (κ2) is 3.63. The number of nitro groups is 1. The van der Waals surface area contributed by atoms with Gasteiger partial charge in [-0.05, 0) is 12.1 Å². The summed E-state index contributed by atoms with van der Waals surface area (Å²) >= 11 is 0. The molecule has 0 spiro atoms. The van der Waals surface area contributed by atoms with Crippen LogP contribution in [0.3, 0.4) is 0 Å². The number of H-pyrrole nitrogens is 1. The Morgan fingerprint density at radius 1 is 1.22 bits per heavy atom. The lowest BCUT2D eigenvalue weighted by Crippen LogP contribution is -1.86. The van der Waals surface area contributed by atoms with Gasteiger partial charge >= 0.3 is 0 Å². The quantitative estimate of drug-likeness (QED) is 0.424. The zero-order valence-corrected chi connectivity index (χ0v) is 9.08. The van der Waals surface area contributed by atoms with Crippen molar-refractivity contribution in [3.63, 3.8) is 0 Å². The second-order valence-corrected chi connectivity index (χ2v) is 3.88. The first-order chi connectivity index (χ1) is 8.69. The Morgan fingerprint density at radius 3 is 2.72 bits per heavy atom. The van der Waals surface area contributed by atoms with E-state index in [1.807, 2.05) is 0 Å². The van der Waals surface area contributed by atoms with Gasteiger partial charge in [0, 0.05) is 28.4 Å². The number of nitrogens with zero attached hydrogens (tertiary/aromatic N) is 2. The van der Waals surface area contributed by atoms with Crippen LogP contribution < -0.4 is 0 Å². The number of aldehydes is 1. The minimum absolute atomic E-state index is 0.0212. The van der Waals surface area contributed by atoms with E-state index in [1.54, 1.807) is 18.3 Å². The van der Waals surface area contributed by atoms with E-state index >= 15 is 0 Å². The lowest BCUT2D eigenvalue weighted by atomic mass is 10.1. The van der Waals surface area contributed by atoms with E-state index in [0.29, 0.717) is 17.4 Å². The Bertz CT molecular complexity index is 792. The van der Waals surface area contributed by atoms with Crippen LogP contribution in [0.2, 0.25) is 0 Å². The minimum Gasteiger partial charge on any atom is -0.353 e. The Balaban J connectivity index is 2.40. The highest BCUT2D eigenvalue weighted by Crippen LogP contribution is 2.28. The van der Waals surface area contributed by atoms with Crippen LogP contribution >= 0.6 is 0 Å². The van der Waals surface area contributed by atoms with Crippen molar-refractivity contribution in [2.45, 2.75) is 0 Å². The third-order valence-corrected chi connectivity index (χ3v) is 2.82. The lowest BCUT2D eigenvalue weighted by molar-refractivity contribution is -0.384. The molecule has 0 radical (unpaired) electrons. The summed E-state index contributed by atoms with van der Waals surface area (Å²) in [5.74, 6) is 0. The zero-order chi connectivity index (χ0) is 12.7. The molecule has 0 saturated heterocycles. The van der Waals surface area contributed by atoms with E-state index in [-0.39, 0.29) is 5.69 Å². The Kier molecular flexibility index (Phi) is 2.09. The lowest BCUT2D eigenvalue weighted by Gasteiger charge is -1.93. The Morgan fingerprint density at radius 2 is 2.00 bits per heavy atom. The summed E-state index contributed by atoms with van der Waals surface area (Å²) in [6.45, 7) is 0. The molecule has 0 aliphatic heterocycles. The number of hydrogen-bond donors (Lipinski definition) is 1. The van der Waals surface area contributed by atoms with Gasteiger partial charge in [-0.1, -0.05) is 0 Å². The molecule has 0 atom stereocenters. The smallest absolute Gasteiger partial charge is 0.270 e. The molecule has 88 valence electrons. The van der Waals surface area contributed by atoms with E-state index in [1.165, 1.54) is 12.1 Å². The molecule has 18 heavy (non-hydrogen) atoms. The van der Waals surface area contributed by atoms with Crippen LogP contribution in [-0.2, 0) is 0 Å². The molecule has 3 rings (SSSR count). The molecule has 6 nitrogen and oxygen atoms in total. The van der Waals surface area contributed by atoms with Gasteiger partial charge in [0.25, 0.3) is 5.69 Å². The maximum absolute atomic E-state index is 10.8. The second-order valence-electron chi connectivity index (χ2n) is 3.88. The number of non-ortho nitro benzene ring substituents is 1. The molecule has 0 aliphatic rings. The van der Waals surface area contributed by atoms with Crippen LogP contribution in [0.25, 0.3) is 21.8 Å². The highest BCUT2D eigenvalue weighted by molar-refractivity contribution is 6.08. The number of rotatable bonds is 2. The summed E-state index contributed by atoms with van der Waals surface area (Å²) in [5, 5.41) is 12.2. The average molecular weight is 241 g/mol. The van der Waals surface area contributed by atoms with Crippen LogP contribution in [0.1, 0.15) is 10.5 Å². The average Bonchev–Trinajstić information content (AvgIpc) is 2.75. The van der Waals surface area contributed by atoms with E-state index in [4.69, 9.17) is 0 Å². The Hall–Kier alpha value is -2.76. The van der Waals surface area contributed by atoms with Crippen LogP contribution in [0.15, 0.2) is 30.5 Å². The van der Waals surface area contributed by atoms with E-state index in [2.05, 4.69) is 9.97 Å². The number of nitro benzene ring substituents is 1. The van der Waals surface area contributed by atoms with Crippen molar-refractivity contribution in [3.8, 4) is 0 Å². The van der Waals surface area contributed by atoms with Crippen molar-refractivity contribution < 1.29 is 9.72 Å². The number of carbonyl (C=O) groups excluding carboxylic acids is 1. The maximum Gasteiger partial charge on any atom is 0.270 e. The van der Waals surface area contributed by atoms with E-state index in [9.17, 15) is 14.9 Å². The van der Waals surface area contributed by atoms with Crippen molar-refractivity contribution in [1.82, 2.24) is 9.97 Å². The van der Waals surface area contributed by atoms with Gasteiger partial charge in [0.05, 0.1) is 16.6 Å². The molecular formula is C12H7N3O3. The number of fused-ring (bicyclic) bond motifs is 3. The molecule has 2 aromatic heterocycles. The number of benzene rings is 1. The molecule has 0 saturated carbocycles. The normalized spacial score (nSPS) is 10.9. The van der Waals surface area contributed by atoms with Crippen molar-refractivity contribution in [1.29, 1.82) is 0 Å². The van der Waals surface area contributed by atoms with Gasteiger partial charge in [-0.3, -0.25) is 19.9 Å². The summed E-state index contributed by atoms with van der Waals surface area (Å²) < 4.78 is 0. The topological polar surface area (TPSA) is 88.9 Å². The van der Waals surface area contributed by atoms with Gasteiger partial charge in [-0.2, -0.15) is 0 Å². The first-order valence-corrected chi connectivity index (χ1v) is 5.20. The molecule has 1 N–H and O–H groups in total. The van der Waals surface area contributed by atoms with Gasteiger partial charge in [0.2, 0.25) is 0 Å². The van der Waals surface area contributed by atoms with Crippen molar-refractivity contribution in [2.75, 3.05) is 0 Å². The summed E-state index contributed by atoms with van der Waals surface area (Å²) in [6, 6.07) is 6.19. The molecule has 2 heterocycles. The van der Waals surface area contributed by atoms with Crippen molar-refractivity contribution in [2.24, 2.45) is 0 Å². The molecule has 1 aromatic carbocycles. The standard InChI is InChI=1S/C12H7N3O3/c16-6-7-3-9-10-4-8(15(17)18)1-2-11(10)14-12(9)5-13-7/h1-6,14H. The zero-order valence-electron chi connectivity index (χ0n) is 9.08. The van der Waals surface area contributed by atoms with Crippen LogP contribution in [-0.4, -0.2) is 21.2 Å². The van der Waals surface area contributed by atoms with Crippen LogP contribution in [0.5, 0.6) is 0 Å². The molecule has 0 fully saturated rings. The first kappa shape index (κ1) is 10.4. The molecule has 6 heteroatoms. The largest absolute Gasteiger partial charge is 0.353 e. The fourth-order valence-corrected chi connectivity index (χ4v) is 1.98. The van der Waals surface area contributed by atoms with E-state index in [0.717, 1.165) is 16.4 Å². The maximum atomic E-state index is 10.8. The minimum atomic E-state index is -0.444. The van der Waals surface area contributed by atoms with Gasteiger partial charge in [0.1, 0.15) is 5.69 Å².